The molecule has 0 aromatic carbocycles. The van der Waals surface area contributed by atoms with E-state index in [1.54, 1.807) is 0 Å². The summed E-state index contributed by atoms with van der Waals surface area (Å²) in [4.78, 5) is 41.1. The van der Waals surface area contributed by atoms with Crippen LogP contribution < -0.4 is 0 Å². The minimum absolute atomic E-state index is 0. The maximum absolute atomic E-state index is 10.3. The van der Waals surface area contributed by atoms with Gasteiger partial charge in [-0.1, -0.05) is 0 Å². The van der Waals surface area contributed by atoms with Crippen molar-refractivity contribution in [3.8, 4) is 0 Å². The van der Waals surface area contributed by atoms with Crippen molar-refractivity contribution in [3.05, 3.63) is 0 Å². The third-order valence-electron chi connectivity index (χ3n) is 1.40. The molecule has 0 saturated carbocycles. The Labute approximate surface area is 190 Å². The van der Waals surface area contributed by atoms with E-state index in [4.69, 9.17) is 20.4 Å². The van der Waals surface area contributed by atoms with Crippen LogP contribution in [0.3, 0.4) is 0 Å². The molecule has 0 amide bonds. The summed E-state index contributed by atoms with van der Waals surface area (Å²) in [5, 5.41) is 33.2. The summed E-state index contributed by atoms with van der Waals surface area (Å²) in [6.07, 6.45) is 0. The van der Waals surface area contributed by atoms with E-state index in [1.807, 2.05) is 0 Å². The van der Waals surface area contributed by atoms with Crippen LogP contribution in [-0.4, -0.2) is 163 Å². The van der Waals surface area contributed by atoms with Gasteiger partial charge in [0.25, 0.3) is 0 Å². The molecule has 18 heavy (non-hydrogen) atoms. The van der Waals surface area contributed by atoms with Crippen LogP contribution in [0, 0.1) is 11.8 Å². The van der Waals surface area contributed by atoms with Crippen molar-refractivity contribution in [1.82, 2.24) is 0 Å². The fourth-order valence-electron chi connectivity index (χ4n) is 0.782. The number of carboxylic acids is 4. The van der Waals surface area contributed by atoms with Crippen molar-refractivity contribution in [1.29, 1.82) is 0 Å². The van der Waals surface area contributed by atoms with Crippen LogP contribution in [0.4, 0.5) is 0 Å². The summed E-state index contributed by atoms with van der Waals surface area (Å²) in [6.45, 7) is 0. The molecule has 0 aliphatic rings. The molecule has 0 bridgehead atoms. The average molecular weight is 298 g/mol. The number of hydrogen-bond acceptors (Lipinski definition) is 4. The van der Waals surface area contributed by atoms with Crippen LogP contribution >= 0.6 is 0 Å². The van der Waals surface area contributed by atoms with Crippen molar-refractivity contribution < 1.29 is 39.6 Å². The average Bonchev–Trinajstić information content (AvgIpc) is 1.96. The minimum Gasteiger partial charge on any atom is -0.481 e. The zero-order chi connectivity index (χ0) is 11.5. The fourth-order valence-corrected chi connectivity index (χ4v) is 0.782. The Morgan fingerprint density at radius 1 is 0.500 bits per heavy atom. The normalized spacial score (nSPS) is 7.89. The van der Waals surface area contributed by atoms with E-state index >= 15 is 0 Å². The first kappa shape index (κ1) is 32.0. The van der Waals surface area contributed by atoms with E-state index in [1.165, 1.54) is 0 Å². The summed E-state index contributed by atoms with van der Waals surface area (Å²) in [6, 6.07) is 0. The van der Waals surface area contributed by atoms with Gasteiger partial charge < -0.3 is 20.4 Å². The molecule has 0 aromatic rings. The number of aliphatic carboxylic acids is 4. The quantitative estimate of drug-likeness (QED) is 0.310. The molecular weight excluding hydrogens is 292 g/mol. The van der Waals surface area contributed by atoms with Crippen molar-refractivity contribution in [2.75, 3.05) is 0 Å². The van der Waals surface area contributed by atoms with Crippen molar-refractivity contribution >= 4 is 142 Å². The second-order valence-electron chi connectivity index (χ2n) is 2.31. The standard InChI is InChI=1S/C6H6O8.4Na/c7-3(8)1(4(9)10)2(5(11)12)6(13)14;;;;/h1-2H,(H,7,8)(H,9,10)(H,11,12)(H,13,14);;;;. The van der Waals surface area contributed by atoms with E-state index in [0.717, 1.165) is 0 Å². The van der Waals surface area contributed by atoms with Crippen LogP contribution in [0.25, 0.3) is 0 Å². The maximum Gasteiger partial charge on any atom is 0.319 e. The first-order chi connectivity index (χ1) is 6.29. The van der Waals surface area contributed by atoms with Crippen LogP contribution in [0.2, 0.25) is 0 Å². The number of carboxylic acid groups (broad SMARTS) is 4. The van der Waals surface area contributed by atoms with Crippen LogP contribution in [0.5, 0.6) is 0 Å². The van der Waals surface area contributed by atoms with Gasteiger partial charge >= 0.3 is 23.9 Å². The Kier molecular flexibility index (Phi) is 27.2. The van der Waals surface area contributed by atoms with E-state index in [0.29, 0.717) is 0 Å². The molecule has 4 N–H and O–H groups in total. The Bertz CT molecular complexity index is 248. The molecule has 0 aromatic heterocycles. The SMILES string of the molecule is O=C(O)C(C(=O)O)C(C(=O)O)C(=O)O.[Na].[Na].[Na].[Na]. The van der Waals surface area contributed by atoms with Crippen molar-refractivity contribution in [2.24, 2.45) is 11.8 Å². The van der Waals surface area contributed by atoms with E-state index in [9.17, 15) is 19.2 Å². The van der Waals surface area contributed by atoms with Gasteiger partial charge in [-0.2, -0.15) is 0 Å². The second-order valence-corrected chi connectivity index (χ2v) is 2.31. The van der Waals surface area contributed by atoms with Gasteiger partial charge in [-0.25, -0.2) is 0 Å². The summed E-state index contributed by atoms with van der Waals surface area (Å²) in [7, 11) is 0. The molecule has 0 unspecified atom stereocenters. The molecule has 8 nitrogen and oxygen atoms in total. The van der Waals surface area contributed by atoms with Gasteiger partial charge in [0.1, 0.15) is 0 Å². The molecule has 0 aliphatic heterocycles. The third kappa shape index (κ3) is 10.6. The first-order valence-electron chi connectivity index (χ1n) is 3.20. The summed E-state index contributed by atoms with van der Waals surface area (Å²) < 4.78 is 0. The molecule has 0 aliphatic carbocycles. The second kappa shape index (κ2) is 15.3. The van der Waals surface area contributed by atoms with E-state index < -0.39 is 35.7 Å². The summed E-state index contributed by atoms with van der Waals surface area (Å²) >= 11 is 0. The number of rotatable bonds is 5. The minimum atomic E-state index is -2.50. The Morgan fingerprint density at radius 2 is 0.611 bits per heavy atom. The Balaban J connectivity index is -0.000000141. The first-order valence-corrected chi connectivity index (χ1v) is 3.20. The largest absolute Gasteiger partial charge is 0.481 e. The van der Waals surface area contributed by atoms with Gasteiger partial charge in [0.2, 0.25) is 0 Å². The fraction of sp³-hybridized carbons (Fsp3) is 0.333. The summed E-state index contributed by atoms with van der Waals surface area (Å²) in [5.41, 5.74) is 0. The monoisotopic (exact) mass is 298 g/mol. The van der Waals surface area contributed by atoms with Gasteiger partial charge in [-0.05, 0) is 0 Å². The van der Waals surface area contributed by atoms with Crippen LogP contribution in [0.15, 0.2) is 0 Å². The van der Waals surface area contributed by atoms with Gasteiger partial charge in [-0.3, -0.25) is 19.2 Å². The summed E-state index contributed by atoms with van der Waals surface area (Å²) in [5.74, 6) is -13.0. The molecule has 82 valence electrons. The third-order valence-corrected chi connectivity index (χ3v) is 1.40. The van der Waals surface area contributed by atoms with Crippen LogP contribution in [0.1, 0.15) is 0 Å². The molecule has 0 fully saturated rings. The van der Waals surface area contributed by atoms with Crippen LogP contribution in [-0.2, 0) is 19.2 Å². The zero-order valence-electron chi connectivity index (χ0n) is 10.6. The molecule has 0 atom stereocenters. The molecule has 12 heteroatoms. The molecule has 0 saturated heterocycles. The molecule has 0 spiro atoms. The van der Waals surface area contributed by atoms with Gasteiger partial charge in [0, 0.05) is 118 Å². The Hall–Kier alpha value is 1.88. The van der Waals surface area contributed by atoms with Crippen molar-refractivity contribution in [2.45, 2.75) is 0 Å². The number of carbonyl (C=O) groups is 4. The molecular formula is C6H6Na4O8. The zero-order valence-corrected chi connectivity index (χ0v) is 18.6. The topological polar surface area (TPSA) is 149 Å². The maximum atomic E-state index is 10.3. The van der Waals surface area contributed by atoms with Gasteiger partial charge in [0.15, 0.2) is 11.8 Å². The Morgan fingerprint density at radius 3 is 0.667 bits per heavy atom. The smallest absolute Gasteiger partial charge is 0.319 e. The molecule has 0 rings (SSSR count). The van der Waals surface area contributed by atoms with E-state index in [-0.39, 0.29) is 118 Å². The van der Waals surface area contributed by atoms with Gasteiger partial charge in [-0.15, -0.1) is 0 Å². The predicted molar refractivity (Wildman–Crippen MR) is 60.5 cm³/mol. The molecule has 0 heterocycles. The predicted octanol–water partition coefficient (Wildman–Crippen LogP) is -2.97. The van der Waals surface area contributed by atoms with Gasteiger partial charge in [0.05, 0.1) is 0 Å². The molecule has 4 radical (unpaired) electrons. The number of hydrogen-bond donors (Lipinski definition) is 4. The van der Waals surface area contributed by atoms with Crippen molar-refractivity contribution in [3.63, 3.8) is 0 Å². The van der Waals surface area contributed by atoms with E-state index in [2.05, 4.69) is 0 Å².